The van der Waals surface area contributed by atoms with Gasteiger partial charge in [-0.15, -0.1) is 24.8 Å². The number of benzene rings is 1. The lowest BCUT2D eigenvalue weighted by atomic mass is 10.1. The monoisotopic (exact) mass is 333 g/mol. The highest BCUT2D eigenvalue weighted by molar-refractivity contribution is 5.85. The molecule has 120 valence electrons. The SMILES string of the molecule is CCN(CCNC(=O)Cc1ccc(N)cc1)C1CC1.Cl.Cl. The van der Waals surface area contributed by atoms with Gasteiger partial charge in [0, 0.05) is 24.8 Å². The fourth-order valence-corrected chi connectivity index (χ4v) is 2.26. The van der Waals surface area contributed by atoms with Crippen molar-refractivity contribution < 1.29 is 4.79 Å². The number of rotatable bonds is 7. The van der Waals surface area contributed by atoms with E-state index in [1.165, 1.54) is 12.8 Å². The van der Waals surface area contributed by atoms with E-state index in [9.17, 15) is 4.79 Å². The molecule has 0 bridgehead atoms. The fourth-order valence-electron chi connectivity index (χ4n) is 2.26. The van der Waals surface area contributed by atoms with Crippen molar-refractivity contribution in [1.29, 1.82) is 0 Å². The standard InChI is InChI=1S/C15H23N3O.2ClH/c1-2-18(14-7-8-14)10-9-17-15(19)11-12-3-5-13(16)6-4-12;;/h3-6,14H,2,7-11,16H2,1H3,(H,17,19);2*1H. The van der Waals surface area contributed by atoms with Gasteiger partial charge in [-0.25, -0.2) is 0 Å². The summed E-state index contributed by atoms with van der Waals surface area (Å²) < 4.78 is 0. The third-order valence-electron chi connectivity index (χ3n) is 3.54. The second-order valence-corrected chi connectivity index (χ2v) is 5.13. The van der Waals surface area contributed by atoms with E-state index >= 15 is 0 Å². The lowest BCUT2D eigenvalue weighted by Gasteiger charge is -2.19. The van der Waals surface area contributed by atoms with Crippen LogP contribution in [0.3, 0.4) is 0 Å². The minimum Gasteiger partial charge on any atom is -0.399 e. The summed E-state index contributed by atoms with van der Waals surface area (Å²) in [6.45, 7) is 4.93. The minimum atomic E-state index is 0. The molecule has 0 unspecified atom stereocenters. The predicted octanol–water partition coefficient (Wildman–Crippen LogP) is 2.26. The molecule has 0 radical (unpaired) electrons. The summed E-state index contributed by atoms with van der Waals surface area (Å²) in [5, 5.41) is 2.98. The quantitative estimate of drug-likeness (QED) is 0.752. The first kappa shape index (κ1) is 20.0. The van der Waals surface area contributed by atoms with Gasteiger partial charge in [0.05, 0.1) is 6.42 Å². The molecule has 1 amide bonds. The molecule has 0 aliphatic heterocycles. The molecule has 0 atom stereocenters. The van der Waals surface area contributed by atoms with E-state index in [0.717, 1.165) is 36.9 Å². The molecule has 3 N–H and O–H groups in total. The van der Waals surface area contributed by atoms with Crippen LogP contribution in [-0.2, 0) is 11.2 Å². The van der Waals surface area contributed by atoms with Crippen molar-refractivity contribution in [3.8, 4) is 0 Å². The van der Waals surface area contributed by atoms with Gasteiger partial charge < -0.3 is 11.1 Å². The van der Waals surface area contributed by atoms with Gasteiger partial charge >= 0.3 is 0 Å². The Balaban J connectivity index is 0.00000200. The van der Waals surface area contributed by atoms with Gasteiger partial charge in [-0.1, -0.05) is 19.1 Å². The zero-order valence-corrected chi connectivity index (χ0v) is 14.0. The Morgan fingerprint density at radius 1 is 1.29 bits per heavy atom. The van der Waals surface area contributed by atoms with Gasteiger partial charge in [0.1, 0.15) is 0 Å². The summed E-state index contributed by atoms with van der Waals surface area (Å²) in [7, 11) is 0. The van der Waals surface area contributed by atoms with Gasteiger partial charge in [0.25, 0.3) is 0 Å². The summed E-state index contributed by atoms with van der Waals surface area (Å²) in [4.78, 5) is 14.2. The number of amides is 1. The van der Waals surface area contributed by atoms with Gasteiger partial charge in [0.15, 0.2) is 0 Å². The third kappa shape index (κ3) is 7.02. The third-order valence-corrected chi connectivity index (χ3v) is 3.54. The molecule has 21 heavy (non-hydrogen) atoms. The summed E-state index contributed by atoms with van der Waals surface area (Å²) in [6, 6.07) is 8.22. The number of carbonyl (C=O) groups is 1. The first-order valence-corrected chi connectivity index (χ1v) is 7.04. The minimum absolute atomic E-state index is 0. The number of halogens is 2. The van der Waals surface area contributed by atoms with E-state index in [4.69, 9.17) is 5.73 Å². The zero-order chi connectivity index (χ0) is 13.7. The number of hydrogen-bond donors (Lipinski definition) is 2. The summed E-state index contributed by atoms with van der Waals surface area (Å²) in [6.07, 6.45) is 3.05. The van der Waals surface area contributed by atoms with E-state index in [1.807, 2.05) is 24.3 Å². The van der Waals surface area contributed by atoms with Gasteiger partial charge in [0.2, 0.25) is 5.91 Å². The lowest BCUT2D eigenvalue weighted by Crippen LogP contribution is -2.36. The molecular formula is C15H25Cl2N3O. The molecule has 4 nitrogen and oxygen atoms in total. The molecule has 1 aliphatic carbocycles. The largest absolute Gasteiger partial charge is 0.399 e. The Hall–Kier alpha value is -0.970. The Labute approximate surface area is 139 Å². The maximum atomic E-state index is 11.8. The van der Waals surface area contributed by atoms with Crippen LogP contribution in [0.2, 0.25) is 0 Å². The summed E-state index contributed by atoms with van der Waals surface area (Å²) in [5.41, 5.74) is 7.34. The molecule has 1 saturated carbocycles. The van der Waals surface area contributed by atoms with E-state index < -0.39 is 0 Å². The average Bonchev–Trinajstić information content (AvgIpc) is 3.22. The van der Waals surface area contributed by atoms with Gasteiger partial charge in [-0.05, 0) is 37.1 Å². The Morgan fingerprint density at radius 2 is 1.90 bits per heavy atom. The number of anilines is 1. The van der Waals surface area contributed by atoms with Crippen LogP contribution in [0.5, 0.6) is 0 Å². The van der Waals surface area contributed by atoms with Crippen LogP contribution in [0.4, 0.5) is 5.69 Å². The normalized spacial score (nSPS) is 13.2. The van der Waals surface area contributed by atoms with E-state index in [-0.39, 0.29) is 30.7 Å². The molecule has 0 spiro atoms. The van der Waals surface area contributed by atoms with Crippen LogP contribution in [0, 0.1) is 0 Å². The van der Waals surface area contributed by atoms with Crippen molar-refractivity contribution in [2.24, 2.45) is 0 Å². The molecule has 2 rings (SSSR count). The molecule has 0 heterocycles. The van der Waals surface area contributed by atoms with Crippen molar-refractivity contribution in [1.82, 2.24) is 10.2 Å². The number of nitrogens with two attached hydrogens (primary N) is 1. The molecule has 0 aromatic heterocycles. The van der Waals surface area contributed by atoms with Crippen LogP contribution in [0.1, 0.15) is 25.3 Å². The molecular weight excluding hydrogens is 309 g/mol. The molecule has 1 aliphatic rings. The van der Waals surface area contributed by atoms with Gasteiger partial charge in [-0.2, -0.15) is 0 Å². The van der Waals surface area contributed by atoms with Crippen LogP contribution in [0.15, 0.2) is 24.3 Å². The lowest BCUT2D eigenvalue weighted by molar-refractivity contribution is -0.120. The van der Waals surface area contributed by atoms with Crippen molar-refractivity contribution in [2.45, 2.75) is 32.2 Å². The number of carbonyl (C=O) groups excluding carboxylic acids is 1. The first-order valence-electron chi connectivity index (χ1n) is 7.04. The number of likely N-dealkylation sites (N-methyl/N-ethyl adjacent to an activating group) is 1. The van der Waals surface area contributed by atoms with E-state index in [2.05, 4.69) is 17.1 Å². The number of nitrogens with one attached hydrogen (secondary N) is 1. The fraction of sp³-hybridized carbons (Fsp3) is 0.533. The smallest absolute Gasteiger partial charge is 0.224 e. The van der Waals surface area contributed by atoms with E-state index in [1.54, 1.807) is 0 Å². The highest BCUT2D eigenvalue weighted by Gasteiger charge is 2.27. The Kier molecular flexibility index (Phi) is 9.42. The van der Waals surface area contributed by atoms with E-state index in [0.29, 0.717) is 6.42 Å². The molecule has 6 heteroatoms. The highest BCUT2D eigenvalue weighted by atomic mass is 35.5. The number of nitrogen functional groups attached to an aromatic ring is 1. The van der Waals surface area contributed by atoms with Crippen molar-refractivity contribution in [3.05, 3.63) is 29.8 Å². The second kappa shape index (κ2) is 9.87. The topological polar surface area (TPSA) is 58.4 Å². The Bertz CT molecular complexity index is 421. The zero-order valence-electron chi connectivity index (χ0n) is 12.4. The number of nitrogens with zero attached hydrogens (tertiary/aromatic N) is 1. The average molecular weight is 334 g/mol. The summed E-state index contributed by atoms with van der Waals surface area (Å²) >= 11 is 0. The molecule has 1 aromatic carbocycles. The van der Waals surface area contributed by atoms with Gasteiger partial charge in [-0.3, -0.25) is 9.69 Å². The predicted molar refractivity (Wildman–Crippen MR) is 92.3 cm³/mol. The molecule has 1 aromatic rings. The highest BCUT2D eigenvalue weighted by Crippen LogP contribution is 2.25. The second-order valence-electron chi connectivity index (χ2n) is 5.13. The van der Waals surface area contributed by atoms with Crippen LogP contribution >= 0.6 is 24.8 Å². The maximum absolute atomic E-state index is 11.8. The first-order chi connectivity index (χ1) is 9.19. The Morgan fingerprint density at radius 3 is 2.43 bits per heavy atom. The van der Waals surface area contributed by atoms with Crippen LogP contribution in [-0.4, -0.2) is 36.5 Å². The van der Waals surface area contributed by atoms with Crippen LogP contribution < -0.4 is 11.1 Å². The van der Waals surface area contributed by atoms with Crippen molar-refractivity contribution in [2.75, 3.05) is 25.4 Å². The number of hydrogen-bond acceptors (Lipinski definition) is 3. The molecule has 0 saturated heterocycles. The van der Waals surface area contributed by atoms with Crippen LogP contribution in [0.25, 0.3) is 0 Å². The van der Waals surface area contributed by atoms with Crippen molar-refractivity contribution in [3.63, 3.8) is 0 Å². The van der Waals surface area contributed by atoms with Crippen molar-refractivity contribution >= 4 is 36.4 Å². The maximum Gasteiger partial charge on any atom is 0.224 e. The molecule has 1 fully saturated rings. The summed E-state index contributed by atoms with van der Waals surface area (Å²) in [5.74, 6) is 0.0802.